The minimum Gasteiger partial charge on any atom is -0.326 e. The predicted molar refractivity (Wildman–Crippen MR) is 76.2 cm³/mol. The fraction of sp³-hybridized carbons (Fsp3) is 0.0714. The van der Waals surface area contributed by atoms with E-state index in [1.54, 1.807) is 0 Å². The van der Waals surface area contributed by atoms with Gasteiger partial charge in [0.25, 0.3) is 0 Å². The fourth-order valence-electron chi connectivity index (χ4n) is 1.95. The van der Waals surface area contributed by atoms with Crippen LogP contribution in [0.1, 0.15) is 5.56 Å². The average Bonchev–Trinajstić information content (AvgIpc) is 2.81. The minimum atomic E-state index is 0.542. The molecule has 0 bridgehead atoms. The highest BCUT2D eigenvalue weighted by Crippen LogP contribution is 2.22. The molecule has 0 amide bonds. The summed E-state index contributed by atoms with van der Waals surface area (Å²) in [6.07, 6.45) is 4.04. The van der Waals surface area contributed by atoms with Crippen molar-refractivity contribution in [2.45, 2.75) is 6.54 Å². The van der Waals surface area contributed by atoms with Crippen LogP contribution in [0.25, 0.3) is 16.9 Å². The Balaban J connectivity index is 2.13. The van der Waals surface area contributed by atoms with Crippen molar-refractivity contribution in [3.63, 3.8) is 0 Å². The van der Waals surface area contributed by atoms with Gasteiger partial charge < -0.3 is 10.1 Å². The maximum Gasteiger partial charge on any atom is 0.137 e. The highest BCUT2D eigenvalue weighted by Gasteiger charge is 2.04. The molecule has 2 aromatic heterocycles. The summed E-state index contributed by atoms with van der Waals surface area (Å²) in [5, 5.41) is 0. The summed E-state index contributed by atoms with van der Waals surface area (Å²) >= 11 is 3.47. The van der Waals surface area contributed by atoms with Crippen LogP contribution < -0.4 is 5.73 Å². The second-order valence-corrected chi connectivity index (χ2v) is 5.06. The summed E-state index contributed by atoms with van der Waals surface area (Å²) < 4.78 is 3.07. The van der Waals surface area contributed by atoms with Gasteiger partial charge in [-0.25, -0.2) is 4.98 Å². The molecule has 18 heavy (non-hydrogen) atoms. The first-order valence-corrected chi connectivity index (χ1v) is 6.49. The van der Waals surface area contributed by atoms with Crippen LogP contribution in [0.4, 0.5) is 0 Å². The van der Waals surface area contributed by atoms with E-state index in [-0.39, 0.29) is 0 Å². The quantitative estimate of drug-likeness (QED) is 0.790. The Labute approximate surface area is 113 Å². The number of imidazole rings is 1. The van der Waals surface area contributed by atoms with Crippen molar-refractivity contribution in [1.29, 1.82) is 0 Å². The van der Waals surface area contributed by atoms with Crippen molar-refractivity contribution in [2.75, 3.05) is 0 Å². The maximum atomic E-state index is 5.64. The molecule has 0 fully saturated rings. The lowest BCUT2D eigenvalue weighted by molar-refractivity contribution is 1.03. The second kappa shape index (κ2) is 4.55. The van der Waals surface area contributed by atoms with Crippen molar-refractivity contribution in [2.24, 2.45) is 5.73 Å². The Kier molecular flexibility index (Phi) is 2.89. The van der Waals surface area contributed by atoms with Crippen LogP contribution in [-0.2, 0) is 6.54 Å². The lowest BCUT2D eigenvalue weighted by atomic mass is 10.2. The highest BCUT2D eigenvalue weighted by molar-refractivity contribution is 9.10. The molecule has 0 spiro atoms. The number of hydrogen-bond donors (Lipinski definition) is 1. The van der Waals surface area contributed by atoms with Crippen molar-refractivity contribution in [3.8, 4) is 11.3 Å². The number of aromatic nitrogens is 2. The number of nitrogens with two attached hydrogens (primary N) is 1. The third-order valence-corrected chi connectivity index (χ3v) is 3.36. The molecule has 4 heteroatoms. The molecular weight excluding hydrogens is 290 g/mol. The maximum absolute atomic E-state index is 5.64. The Morgan fingerprint density at radius 3 is 2.83 bits per heavy atom. The SMILES string of the molecule is NCc1ccc2nc(-c3cccc(Br)c3)cn2c1. The first kappa shape index (κ1) is 11.4. The van der Waals surface area contributed by atoms with Crippen LogP contribution >= 0.6 is 15.9 Å². The molecule has 3 aromatic rings. The monoisotopic (exact) mass is 301 g/mol. The Bertz CT molecular complexity index is 703. The molecule has 0 aliphatic carbocycles. The van der Waals surface area contributed by atoms with Crippen molar-refractivity contribution < 1.29 is 0 Å². The third kappa shape index (κ3) is 2.05. The van der Waals surface area contributed by atoms with Gasteiger partial charge in [0.1, 0.15) is 5.65 Å². The van der Waals surface area contributed by atoms with Crippen LogP contribution in [0, 0.1) is 0 Å². The molecule has 90 valence electrons. The molecule has 0 aliphatic rings. The Hall–Kier alpha value is -1.65. The van der Waals surface area contributed by atoms with Gasteiger partial charge in [-0.2, -0.15) is 0 Å². The van der Waals surface area contributed by atoms with Crippen molar-refractivity contribution in [1.82, 2.24) is 9.38 Å². The molecule has 0 saturated heterocycles. The largest absolute Gasteiger partial charge is 0.326 e. The number of halogens is 1. The first-order valence-electron chi connectivity index (χ1n) is 5.70. The van der Waals surface area contributed by atoms with Crippen LogP contribution in [-0.4, -0.2) is 9.38 Å². The zero-order chi connectivity index (χ0) is 12.5. The zero-order valence-corrected chi connectivity index (χ0v) is 11.3. The summed E-state index contributed by atoms with van der Waals surface area (Å²) in [6, 6.07) is 12.1. The number of benzene rings is 1. The van der Waals surface area contributed by atoms with Crippen molar-refractivity contribution >= 4 is 21.6 Å². The molecule has 0 radical (unpaired) electrons. The van der Waals surface area contributed by atoms with Gasteiger partial charge in [0.15, 0.2) is 0 Å². The predicted octanol–water partition coefficient (Wildman–Crippen LogP) is 3.22. The average molecular weight is 302 g/mol. The Morgan fingerprint density at radius 2 is 2.06 bits per heavy atom. The molecule has 0 aliphatic heterocycles. The lowest BCUT2D eigenvalue weighted by Crippen LogP contribution is -1.97. The van der Waals surface area contributed by atoms with E-state index in [2.05, 4.69) is 33.0 Å². The van der Waals surface area contributed by atoms with Crippen LogP contribution in [0.5, 0.6) is 0 Å². The van der Waals surface area contributed by atoms with E-state index < -0.39 is 0 Å². The van der Waals surface area contributed by atoms with E-state index in [0.717, 1.165) is 26.9 Å². The van der Waals surface area contributed by atoms with E-state index >= 15 is 0 Å². The summed E-state index contributed by atoms with van der Waals surface area (Å²) in [4.78, 5) is 4.60. The standard InChI is InChI=1S/C14H12BrN3/c15-12-3-1-2-11(6-12)13-9-18-8-10(7-16)4-5-14(18)17-13/h1-6,8-9H,7,16H2. The Morgan fingerprint density at radius 1 is 1.17 bits per heavy atom. The summed E-state index contributed by atoms with van der Waals surface area (Å²) in [7, 11) is 0. The molecular formula is C14H12BrN3. The fourth-order valence-corrected chi connectivity index (χ4v) is 2.34. The van der Waals surface area contributed by atoms with Crippen LogP contribution in [0.2, 0.25) is 0 Å². The van der Waals surface area contributed by atoms with Gasteiger partial charge in [0.2, 0.25) is 0 Å². The van der Waals surface area contributed by atoms with E-state index in [4.69, 9.17) is 5.73 Å². The smallest absolute Gasteiger partial charge is 0.137 e. The minimum absolute atomic E-state index is 0.542. The number of nitrogens with zero attached hydrogens (tertiary/aromatic N) is 2. The van der Waals surface area contributed by atoms with Gasteiger partial charge in [-0.3, -0.25) is 0 Å². The highest BCUT2D eigenvalue weighted by atomic mass is 79.9. The first-order chi connectivity index (χ1) is 8.76. The van der Waals surface area contributed by atoms with Gasteiger partial charge in [-0.15, -0.1) is 0 Å². The number of rotatable bonds is 2. The molecule has 2 N–H and O–H groups in total. The zero-order valence-electron chi connectivity index (χ0n) is 9.68. The lowest BCUT2D eigenvalue weighted by Gasteiger charge is -1.96. The summed E-state index contributed by atoms with van der Waals surface area (Å²) in [5.74, 6) is 0. The normalized spacial score (nSPS) is 11.0. The van der Waals surface area contributed by atoms with Gasteiger partial charge >= 0.3 is 0 Å². The van der Waals surface area contributed by atoms with E-state index in [1.165, 1.54) is 0 Å². The van der Waals surface area contributed by atoms with E-state index in [1.807, 2.05) is 41.1 Å². The molecule has 1 aromatic carbocycles. The number of hydrogen-bond acceptors (Lipinski definition) is 2. The summed E-state index contributed by atoms with van der Waals surface area (Å²) in [6.45, 7) is 0.542. The van der Waals surface area contributed by atoms with Crippen LogP contribution in [0.3, 0.4) is 0 Å². The second-order valence-electron chi connectivity index (χ2n) is 4.14. The molecule has 3 nitrogen and oxygen atoms in total. The molecule has 0 saturated carbocycles. The van der Waals surface area contributed by atoms with Crippen molar-refractivity contribution in [3.05, 3.63) is 58.8 Å². The van der Waals surface area contributed by atoms with Gasteiger partial charge in [-0.05, 0) is 23.8 Å². The van der Waals surface area contributed by atoms with Gasteiger partial charge in [-0.1, -0.05) is 34.1 Å². The number of pyridine rings is 1. The van der Waals surface area contributed by atoms with Crippen LogP contribution in [0.15, 0.2) is 53.3 Å². The topological polar surface area (TPSA) is 43.3 Å². The molecule has 0 atom stereocenters. The molecule has 0 unspecified atom stereocenters. The van der Waals surface area contributed by atoms with Gasteiger partial charge in [0, 0.05) is 29.0 Å². The van der Waals surface area contributed by atoms with E-state index in [0.29, 0.717) is 6.54 Å². The summed E-state index contributed by atoms with van der Waals surface area (Å²) in [5.41, 5.74) is 9.73. The molecule has 2 heterocycles. The van der Waals surface area contributed by atoms with E-state index in [9.17, 15) is 0 Å². The van der Waals surface area contributed by atoms with Gasteiger partial charge in [0.05, 0.1) is 5.69 Å². The third-order valence-electron chi connectivity index (χ3n) is 2.87. The number of fused-ring (bicyclic) bond motifs is 1. The molecule has 3 rings (SSSR count).